The summed E-state index contributed by atoms with van der Waals surface area (Å²) in [4.78, 5) is 24.2. The van der Waals surface area contributed by atoms with Crippen LogP contribution in [0.25, 0.3) is 0 Å². The largest absolute Gasteiger partial charge is 0.486 e. The van der Waals surface area contributed by atoms with E-state index in [0.717, 1.165) is 14.9 Å². The molecule has 0 amide bonds. The molecule has 2 saturated carbocycles. The van der Waals surface area contributed by atoms with Gasteiger partial charge in [0, 0.05) is 16.5 Å². The molecule has 162 valence electrons. The Balaban J connectivity index is 1.41. The van der Waals surface area contributed by atoms with Crippen LogP contribution in [-0.4, -0.2) is 29.1 Å². The van der Waals surface area contributed by atoms with Crippen molar-refractivity contribution in [2.24, 2.45) is 11.3 Å². The first-order chi connectivity index (χ1) is 14.6. The van der Waals surface area contributed by atoms with Crippen LogP contribution in [0.1, 0.15) is 66.3 Å². The minimum atomic E-state index is -1.03. The Labute approximate surface area is 195 Å². The highest BCUT2D eigenvalue weighted by Gasteiger charge is 2.73. The van der Waals surface area contributed by atoms with Gasteiger partial charge < -0.3 is 14.6 Å². The predicted molar refractivity (Wildman–Crippen MR) is 124 cm³/mol. The fraction of sp³-hybridized carbons (Fsp3) is 0.440. The Morgan fingerprint density at radius 2 is 1.90 bits per heavy atom. The second kappa shape index (κ2) is 6.70. The summed E-state index contributed by atoms with van der Waals surface area (Å²) < 4.78 is 13.0. The lowest BCUT2D eigenvalue weighted by Gasteiger charge is -2.48. The van der Waals surface area contributed by atoms with Crippen molar-refractivity contribution in [2.45, 2.75) is 51.0 Å². The maximum atomic E-state index is 13.0. The molecule has 5 rings (SSSR count). The molecule has 0 saturated heterocycles. The van der Waals surface area contributed by atoms with E-state index >= 15 is 0 Å². The Morgan fingerprint density at radius 1 is 1.16 bits per heavy atom. The van der Waals surface area contributed by atoms with E-state index < -0.39 is 5.97 Å². The third-order valence-electron chi connectivity index (χ3n) is 8.42. The molecule has 31 heavy (non-hydrogen) atoms. The molecule has 2 bridgehead atoms. The number of carbonyl (C=O) groups is 2. The first-order valence-electron chi connectivity index (χ1n) is 10.6. The summed E-state index contributed by atoms with van der Waals surface area (Å²) in [6, 6.07) is 10.4. The number of halogens is 1. The number of hydrogen-bond donors (Lipinski definition) is 1. The molecule has 2 aromatic rings. The minimum absolute atomic E-state index is 0.124. The monoisotopic (exact) mass is 532 g/mol. The third kappa shape index (κ3) is 2.73. The fourth-order valence-electron chi connectivity index (χ4n) is 6.34. The van der Waals surface area contributed by atoms with Crippen LogP contribution in [0, 0.1) is 14.9 Å². The van der Waals surface area contributed by atoms with Crippen LogP contribution < -0.4 is 9.47 Å². The third-order valence-corrected chi connectivity index (χ3v) is 9.31. The zero-order valence-corrected chi connectivity index (χ0v) is 20.0. The lowest BCUT2D eigenvalue weighted by molar-refractivity contribution is -0.0260. The number of carbonyl (C=O) groups excluding carboxylic acids is 1. The van der Waals surface area contributed by atoms with Crippen molar-refractivity contribution in [3.8, 4) is 11.5 Å². The topological polar surface area (TPSA) is 72.8 Å². The molecule has 6 heteroatoms. The number of aromatic carboxylic acids is 1. The molecule has 0 spiro atoms. The second-order valence-electron chi connectivity index (χ2n) is 9.71. The van der Waals surface area contributed by atoms with Crippen LogP contribution in [0.15, 0.2) is 36.4 Å². The van der Waals surface area contributed by atoms with Crippen LogP contribution in [0.4, 0.5) is 0 Å². The highest BCUT2D eigenvalue weighted by Crippen LogP contribution is 2.73. The SMILES string of the molecule is CC12CCC(C1)C1(C)Oc3ccc(C(=O)COc4cc(C(=O)O)ccc4I)cc3C21C. The van der Waals surface area contributed by atoms with Gasteiger partial charge >= 0.3 is 5.97 Å². The summed E-state index contributed by atoms with van der Waals surface area (Å²) >= 11 is 2.07. The Morgan fingerprint density at radius 3 is 2.65 bits per heavy atom. The Bertz CT molecular complexity index is 1130. The zero-order valence-electron chi connectivity index (χ0n) is 17.8. The number of carboxylic acid groups (broad SMARTS) is 1. The number of fused-ring (bicyclic) bond motifs is 7. The first kappa shape index (κ1) is 20.8. The molecule has 5 nitrogen and oxygen atoms in total. The molecule has 2 aromatic carbocycles. The van der Waals surface area contributed by atoms with Crippen molar-refractivity contribution >= 4 is 34.3 Å². The molecule has 4 unspecified atom stereocenters. The van der Waals surface area contributed by atoms with Crippen LogP contribution in [0.2, 0.25) is 0 Å². The molecule has 2 fully saturated rings. The van der Waals surface area contributed by atoms with Gasteiger partial charge in [-0.05, 0) is 96.5 Å². The summed E-state index contributed by atoms with van der Waals surface area (Å²) in [7, 11) is 0. The standard InChI is InChI=1S/C25H25IO5/c1-23-9-8-16(12-23)25(3)24(23,2)17-10-14(5-7-20(17)31-25)19(27)13-30-21-11-15(22(28)29)4-6-18(21)26/h4-7,10-11,16H,8-9,12-13H2,1-3H3,(H,28,29). The van der Waals surface area contributed by atoms with Crippen molar-refractivity contribution in [2.75, 3.05) is 6.61 Å². The summed E-state index contributed by atoms with van der Waals surface area (Å²) in [6.45, 7) is 6.77. The van der Waals surface area contributed by atoms with Gasteiger partial charge in [0.15, 0.2) is 12.4 Å². The zero-order chi connectivity index (χ0) is 22.2. The van der Waals surface area contributed by atoms with E-state index in [1.807, 2.05) is 12.1 Å². The lowest BCUT2D eigenvalue weighted by atomic mass is 9.56. The molecule has 3 aliphatic rings. The van der Waals surface area contributed by atoms with Gasteiger partial charge in [-0.15, -0.1) is 0 Å². The smallest absolute Gasteiger partial charge is 0.335 e. The van der Waals surface area contributed by atoms with Gasteiger partial charge in [-0.3, -0.25) is 4.79 Å². The van der Waals surface area contributed by atoms with E-state index in [4.69, 9.17) is 9.47 Å². The van der Waals surface area contributed by atoms with Crippen molar-refractivity contribution in [1.82, 2.24) is 0 Å². The maximum Gasteiger partial charge on any atom is 0.335 e. The lowest BCUT2D eigenvalue weighted by Crippen LogP contribution is -2.54. The molecular formula is C25H25IO5. The second-order valence-corrected chi connectivity index (χ2v) is 10.9. The van der Waals surface area contributed by atoms with E-state index in [9.17, 15) is 14.7 Å². The number of rotatable bonds is 5. The van der Waals surface area contributed by atoms with Gasteiger partial charge in [0.05, 0.1) is 9.13 Å². The molecule has 1 N–H and O–H groups in total. The Hall–Kier alpha value is -2.09. The predicted octanol–water partition coefficient (Wildman–Crippen LogP) is 5.48. The van der Waals surface area contributed by atoms with Gasteiger partial charge in [-0.2, -0.15) is 0 Å². The first-order valence-corrected chi connectivity index (χ1v) is 11.7. The average Bonchev–Trinajstić information content (AvgIpc) is 3.30. The molecule has 1 aliphatic heterocycles. The van der Waals surface area contributed by atoms with Crippen LogP contribution in [-0.2, 0) is 5.41 Å². The molecule has 4 atom stereocenters. The minimum Gasteiger partial charge on any atom is -0.486 e. The van der Waals surface area contributed by atoms with Crippen molar-refractivity contribution in [1.29, 1.82) is 0 Å². The number of carboxylic acids is 1. The average molecular weight is 532 g/mol. The van der Waals surface area contributed by atoms with Gasteiger partial charge in [0.25, 0.3) is 0 Å². The summed E-state index contributed by atoms with van der Waals surface area (Å²) in [5.74, 6) is 0.676. The van der Waals surface area contributed by atoms with Gasteiger partial charge in [0.2, 0.25) is 0 Å². The number of Topliss-reactive ketones (excluding diaryl/α,β-unsaturated/α-hetero) is 1. The van der Waals surface area contributed by atoms with Crippen molar-refractivity contribution in [3.05, 3.63) is 56.7 Å². The summed E-state index contributed by atoms with van der Waals surface area (Å²) in [5, 5.41) is 9.19. The number of benzene rings is 2. The Kier molecular flexibility index (Phi) is 4.50. The van der Waals surface area contributed by atoms with E-state index in [1.54, 1.807) is 12.1 Å². The van der Waals surface area contributed by atoms with E-state index in [-0.39, 0.29) is 34.4 Å². The van der Waals surface area contributed by atoms with Crippen LogP contribution in [0.3, 0.4) is 0 Å². The molecule has 0 aromatic heterocycles. The highest BCUT2D eigenvalue weighted by atomic mass is 127. The van der Waals surface area contributed by atoms with E-state index in [0.29, 0.717) is 17.2 Å². The number of ketones is 1. The van der Waals surface area contributed by atoms with Crippen LogP contribution in [0.5, 0.6) is 11.5 Å². The van der Waals surface area contributed by atoms with E-state index in [2.05, 4.69) is 43.4 Å². The van der Waals surface area contributed by atoms with Crippen molar-refractivity contribution in [3.63, 3.8) is 0 Å². The van der Waals surface area contributed by atoms with Gasteiger partial charge in [0.1, 0.15) is 17.1 Å². The van der Waals surface area contributed by atoms with E-state index in [1.165, 1.54) is 31.4 Å². The fourth-order valence-corrected chi connectivity index (χ4v) is 6.83. The summed E-state index contributed by atoms with van der Waals surface area (Å²) in [6.07, 6.45) is 3.55. The van der Waals surface area contributed by atoms with Crippen molar-refractivity contribution < 1.29 is 24.2 Å². The van der Waals surface area contributed by atoms with Crippen LogP contribution >= 0.6 is 22.6 Å². The summed E-state index contributed by atoms with van der Waals surface area (Å²) in [5.41, 5.74) is 1.68. The molecule has 2 aliphatic carbocycles. The normalized spacial score (nSPS) is 32.3. The van der Waals surface area contributed by atoms with Gasteiger partial charge in [-0.25, -0.2) is 4.79 Å². The van der Waals surface area contributed by atoms with Gasteiger partial charge in [-0.1, -0.05) is 13.8 Å². The highest BCUT2D eigenvalue weighted by molar-refractivity contribution is 14.1. The number of hydrogen-bond acceptors (Lipinski definition) is 4. The molecule has 0 radical (unpaired) electrons. The molecular weight excluding hydrogens is 507 g/mol. The molecule has 1 heterocycles. The quantitative estimate of drug-likeness (QED) is 0.408. The maximum absolute atomic E-state index is 13.0. The number of ether oxygens (including phenoxy) is 2.